The van der Waals surface area contributed by atoms with Gasteiger partial charge in [-0.1, -0.05) is 45.4 Å². The van der Waals surface area contributed by atoms with Crippen molar-refractivity contribution in [1.29, 1.82) is 0 Å². The molecular weight excluding hydrogens is 376 g/mol. The molecule has 0 bridgehead atoms. The van der Waals surface area contributed by atoms with Crippen molar-refractivity contribution in [3.05, 3.63) is 0 Å². The first-order valence-corrected chi connectivity index (χ1v) is 11.2. The lowest BCUT2D eigenvalue weighted by Crippen LogP contribution is -2.39. The normalized spacial score (nSPS) is 13.9. The second-order valence-corrected chi connectivity index (χ2v) is 7.51. The molecule has 0 fully saturated rings. The van der Waals surface area contributed by atoms with Crippen LogP contribution in [0.3, 0.4) is 0 Å². The minimum atomic E-state index is -1.13. The fraction of sp³-hybridized carbons (Fsp3) is 0.909. The monoisotopic (exact) mass is 418 g/mol. The summed E-state index contributed by atoms with van der Waals surface area (Å²) >= 11 is 0. The number of carboxylic acid groups (broad SMARTS) is 2. The van der Waals surface area contributed by atoms with E-state index in [1.165, 1.54) is 0 Å². The Hall–Kier alpha value is -1.18. The lowest BCUT2D eigenvalue weighted by Gasteiger charge is -2.32. The molecular formula is C22H42O7. The molecule has 172 valence electrons. The van der Waals surface area contributed by atoms with E-state index in [0.717, 1.165) is 38.5 Å². The highest BCUT2D eigenvalue weighted by atomic mass is 16.9. The van der Waals surface area contributed by atoms with Crippen LogP contribution < -0.4 is 0 Å². The lowest BCUT2D eigenvalue weighted by molar-refractivity contribution is -0.380. The Morgan fingerprint density at radius 2 is 1.14 bits per heavy atom. The molecule has 7 nitrogen and oxygen atoms in total. The molecule has 0 saturated heterocycles. The summed E-state index contributed by atoms with van der Waals surface area (Å²) < 4.78 is 17.2. The van der Waals surface area contributed by atoms with Crippen LogP contribution in [0.1, 0.15) is 98.3 Å². The van der Waals surface area contributed by atoms with Gasteiger partial charge < -0.3 is 24.4 Å². The van der Waals surface area contributed by atoms with E-state index in [0.29, 0.717) is 45.5 Å². The highest BCUT2D eigenvalue weighted by Crippen LogP contribution is 2.35. The van der Waals surface area contributed by atoms with Crippen LogP contribution in [0.15, 0.2) is 0 Å². The molecule has 0 spiro atoms. The fourth-order valence-corrected chi connectivity index (χ4v) is 3.87. The number of rotatable bonds is 20. The van der Waals surface area contributed by atoms with Crippen LogP contribution in [-0.2, 0) is 23.8 Å². The van der Waals surface area contributed by atoms with Gasteiger partial charge in [0.25, 0.3) is 5.97 Å². The van der Waals surface area contributed by atoms with Gasteiger partial charge in [-0.3, -0.25) is 9.59 Å². The quantitative estimate of drug-likeness (QED) is 0.206. The zero-order valence-electron chi connectivity index (χ0n) is 18.8. The molecule has 0 aromatic carbocycles. The maximum Gasteiger partial charge on any atom is 0.310 e. The molecule has 1 unspecified atom stereocenters. The number of hydrogen-bond acceptors (Lipinski definition) is 5. The molecule has 0 aromatic rings. The van der Waals surface area contributed by atoms with Crippen molar-refractivity contribution in [2.45, 2.75) is 104 Å². The largest absolute Gasteiger partial charge is 0.481 e. The van der Waals surface area contributed by atoms with E-state index in [1.807, 2.05) is 27.7 Å². The maximum atomic E-state index is 11.7. The zero-order chi connectivity index (χ0) is 22.2. The van der Waals surface area contributed by atoms with Gasteiger partial charge in [0.15, 0.2) is 0 Å². The Morgan fingerprint density at radius 3 is 1.52 bits per heavy atom. The molecule has 7 heteroatoms. The van der Waals surface area contributed by atoms with Crippen LogP contribution in [0, 0.1) is 5.41 Å². The van der Waals surface area contributed by atoms with Gasteiger partial charge in [0.1, 0.15) is 0 Å². The van der Waals surface area contributed by atoms with Crippen molar-refractivity contribution in [2.75, 3.05) is 19.8 Å². The Kier molecular flexibility index (Phi) is 15.0. The Labute approximate surface area is 176 Å². The smallest absolute Gasteiger partial charge is 0.310 e. The maximum absolute atomic E-state index is 11.7. The third-order valence-corrected chi connectivity index (χ3v) is 5.15. The van der Waals surface area contributed by atoms with Gasteiger partial charge in [-0.15, -0.1) is 0 Å². The highest BCUT2D eigenvalue weighted by Gasteiger charge is 2.39. The average Bonchev–Trinajstić information content (AvgIpc) is 2.64. The second kappa shape index (κ2) is 15.6. The van der Waals surface area contributed by atoms with Crippen LogP contribution in [0.5, 0.6) is 0 Å². The molecule has 0 amide bonds. The topological polar surface area (TPSA) is 102 Å². The third kappa shape index (κ3) is 11.0. The van der Waals surface area contributed by atoms with E-state index in [1.54, 1.807) is 0 Å². The molecule has 0 heterocycles. The summed E-state index contributed by atoms with van der Waals surface area (Å²) in [5.41, 5.74) is -1.13. The molecule has 0 rings (SSSR count). The number of ether oxygens (including phenoxy) is 3. The van der Waals surface area contributed by atoms with Gasteiger partial charge in [0.2, 0.25) is 0 Å². The highest BCUT2D eigenvalue weighted by molar-refractivity contribution is 5.81. The van der Waals surface area contributed by atoms with E-state index in [9.17, 15) is 14.7 Å². The zero-order valence-corrected chi connectivity index (χ0v) is 18.8. The van der Waals surface area contributed by atoms with E-state index >= 15 is 0 Å². The van der Waals surface area contributed by atoms with Gasteiger partial charge >= 0.3 is 11.9 Å². The van der Waals surface area contributed by atoms with Crippen LogP contribution in [0.4, 0.5) is 0 Å². The predicted molar refractivity (Wildman–Crippen MR) is 112 cm³/mol. The van der Waals surface area contributed by atoms with Crippen molar-refractivity contribution >= 4 is 11.9 Å². The SMILES string of the molecule is CCCC(CCCCCCCCC(OCC)(OCC)OCC)(CC(=O)O)C(=O)O. The third-order valence-electron chi connectivity index (χ3n) is 5.15. The predicted octanol–water partition coefficient (Wildman–Crippen LogP) is 5.22. The van der Waals surface area contributed by atoms with Crippen LogP contribution >= 0.6 is 0 Å². The van der Waals surface area contributed by atoms with Gasteiger partial charge in [0.05, 0.1) is 11.8 Å². The number of unbranched alkanes of at least 4 members (excludes halogenated alkanes) is 5. The Balaban J connectivity index is 4.30. The lowest BCUT2D eigenvalue weighted by atomic mass is 9.76. The summed E-state index contributed by atoms with van der Waals surface area (Å²) in [6, 6.07) is 0. The van der Waals surface area contributed by atoms with Crippen molar-refractivity contribution < 1.29 is 34.0 Å². The van der Waals surface area contributed by atoms with Gasteiger partial charge in [-0.25, -0.2) is 0 Å². The summed E-state index contributed by atoms with van der Waals surface area (Å²) in [5, 5.41) is 18.7. The standard InChI is InChI=1S/C22H42O7/c1-5-15-21(20(25)26,18-19(23)24)16-13-11-9-10-12-14-17-22(27-6-2,28-7-3)29-8-4/h5-18H2,1-4H3,(H,23,24)(H,25,26). The molecule has 0 saturated carbocycles. The van der Waals surface area contributed by atoms with Crippen molar-refractivity contribution in [1.82, 2.24) is 0 Å². The van der Waals surface area contributed by atoms with Crippen molar-refractivity contribution in [3.63, 3.8) is 0 Å². The number of carbonyl (C=O) groups is 2. The summed E-state index contributed by atoms with van der Waals surface area (Å²) in [7, 11) is 0. The Bertz CT molecular complexity index is 435. The average molecular weight is 419 g/mol. The van der Waals surface area contributed by atoms with E-state index in [4.69, 9.17) is 19.3 Å². The van der Waals surface area contributed by atoms with Crippen LogP contribution in [0.25, 0.3) is 0 Å². The molecule has 1 atom stereocenters. The summed E-state index contributed by atoms with van der Waals surface area (Å²) in [6.07, 6.45) is 7.50. The van der Waals surface area contributed by atoms with Crippen molar-refractivity contribution in [2.24, 2.45) is 5.41 Å². The van der Waals surface area contributed by atoms with Gasteiger partial charge in [-0.2, -0.15) is 0 Å². The van der Waals surface area contributed by atoms with E-state index < -0.39 is 23.3 Å². The van der Waals surface area contributed by atoms with Crippen LogP contribution in [0.2, 0.25) is 0 Å². The van der Waals surface area contributed by atoms with Gasteiger partial charge in [0, 0.05) is 26.2 Å². The molecule has 0 aliphatic carbocycles. The minimum Gasteiger partial charge on any atom is -0.481 e. The first-order valence-electron chi connectivity index (χ1n) is 11.2. The van der Waals surface area contributed by atoms with Crippen molar-refractivity contribution in [3.8, 4) is 0 Å². The van der Waals surface area contributed by atoms with E-state index in [2.05, 4.69) is 0 Å². The van der Waals surface area contributed by atoms with Gasteiger partial charge in [-0.05, 0) is 40.0 Å². The molecule has 0 aliphatic heterocycles. The molecule has 2 N–H and O–H groups in total. The Morgan fingerprint density at radius 1 is 0.690 bits per heavy atom. The second-order valence-electron chi connectivity index (χ2n) is 7.51. The fourth-order valence-electron chi connectivity index (χ4n) is 3.87. The number of carboxylic acids is 2. The molecule has 0 aromatic heterocycles. The molecule has 0 radical (unpaired) electrons. The first kappa shape index (κ1) is 27.8. The molecule has 0 aliphatic rings. The number of aliphatic carboxylic acids is 2. The van der Waals surface area contributed by atoms with Crippen LogP contribution in [-0.4, -0.2) is 47.9 Å². The summed E-state index contributed by atoms with van der Waals surface area (Å²) in [4.78, 5) is 22.8. The summed E-state index contributed by atoms with van der Waals surface area (Å²) in [6.45, 7) is 9.25. The molecule has 29 heavy (non-hydrogen) atoms. The summed E-state index contributed by atoms with van der Waals surface area (Å²) in [5.74, 6) is -2.97. The first-order chi connectivity index (χ1) is 13.8. The minimum absolute atomic E-state index is 0.301. The number of hydrogen-bond donors (Lipinski definition) is 2. The van der Waals surface area contributed by atoms with E-state index in [-0.39, 0.29) is 6.42 Å².